The van der Waals surface area contributed by atoms with E-state index in [4.69, 9.17) is 0 Å². The second-order valence-electron chi connectivity index (χ2n) is 6.98. The van der Waals surface area contributed by atoms with Crippen LogP contribution in [-0.2, 0) is 6.54 Å². The molecule has 2 N–H and O–H groups in total. The number of amides is 1. The highest BCUT2D eigenvalue weighted by atomic mass is 19.1. The summed E-state index contributed by atoms with van der Waals surface area (Å²) in [5.74, 6) is -0.594. The van der Waals surface area contributed by atoms with Gasteiger partial charge in [0.05, 0.1) is 11.7 Å². The minimum absolute atomic E-state index is 0.271. The summed E-state index contributed by atoms with van der Waals surface area (Å²) in [5.41, 5.74) is 3.44. The van der Waals surface area contributed by atoms with Gasteiger partial charge in [-0.2, -0.15) is 0 Å². The topological polar surface area (TPSA) is 66.9 Å². The fourth-order valence-electron chi connectivity index (χ4n) is 3.24. The van der Waals surface area contributed by atoms with Gasteiger partial charge in [-0.15, -0.1) is 0 Å². The molecule has 31 heavy (non-hydrogen) atoms. The van der Waals surface area contributed by atoms with Gasteiger partial charge in [0, 0.05) is 24.6 Å². The molecular formula is C25H21FN4O. The summed E-state index contributed by atoms with van der Waals surface area (Å²) < 4.78 is 13.9. The van der Waals surface area contributed by atoms with E-state index in [1.165, 1.54) is 12.1 Å². The molecule has 2 heterocycles. The number of nitrogens with zero attached hydrogens (tertiary/aromatic N) is 2. The van der Waals surface area contributed by atoms with Crippen LogP contribution in [0.1, 0.15) is 33.4 Å². The summed E-state index contributed by atoms with van der Waals surface area (Å²) in [5, 5.41) is 6.23. The first-order valence-electron chi connectivity index (χ1n) is 9.90. The highest BCUT2D eigenvalue weighted by Gasteiger charge is 2.17. The maximum atomic E-state index is 13.9. The van der Waals surface area contributed by atoms with Gasteiger partial charge in [-0.3, -0.25) is 14.8 Å². The van der Waals surface area contributed by atoms with Crippen molar-refractivity contribution in [3.05, 3.63) is 126 Å². The van der Waals surface area contributed by atoms with Gasteiger partial charge in [0.15, 0.2) is 0 Å². The molecule has 0 saturated heterocycles. The highest BCUT2D eigenvalue weighted by Crippen LogP contribution is 2.26. The number of rotatable bonds is 7. The Bertz CT molecular complexity index is 1150. The molecule has 4 aromatic rings. The number of hydrogen-bond donors (Lipinski definition) is 2. The van der Waals surface area contributed by atoms with Crippen molar-refractivity contribution in [1.29, 1.82) is 0 Å². The molecule has 0 bridgehead atoms. The lowest BCUT2D eigenvalue weighted by Crippen LogP contribution is -2.24. The molecule has 0 saturated carbocycles. The molecule has 0 aliphatic heterocycles. The van der Waals surface area contributed by atoms with Gasteiger partial charge in [0.2, 0.25) is 0 Å². The van der Waals surface area contributed by atoms with E-state index in [-0.39, 0.29) is 17.8 Å². The zero-order chi connectivity index (χ0) is 21.5. The van der Waals surface area contributed by atoms with E-state index in [9.17, 15) is 9.18 Å². The molecule has 2 aromatic heterocycles. The minimum Gasteiger partial charge on any atom is -0.373 e. The van der Waals surface area contributed by atoms with Crippen LogP contribution in [0.15, 0.2) is 97.3 Å². The number of halogens is 1. The summed E-state index contributed by atoms with van der Waals surface area (Å²) in [6, 6.07) is 24.7. The Hall–Kier alpha value is -4.06. The smallest absolute Gasteiger partial charge is 0.270 e. The van der Waals surface area contributed by atoms with Gasteiger partial charge >= 0.3 is 0 Å². The monoisotopic (exact) mass is 412 g/mol. The van der Waals surface area contributed by atoms with Crippen molar-refractivity contribution in [3.8, 4) is 0 Å². The number of aromatic nitrogens is 2. The second-order valence-corrected chi connectivity index (χ2v) is 6.98. The Kier molecular flexibility index (Phi) is 6.28. The average molecular weight is 412 g/mol. The number of hydrogen-bond acceptors (Lipinski definition) is 4. The van der Waals surface area contributed by atoms with Crippen molar-refractivity contribution >= 4 is 11.6 Å². The third kappa shape index (κ3) is 5.30. The zero-order valence-electron chi connectivity index (χ0n) is 16.7. The Morgan fingerprint density at radius 3 is 2.48 bits per heavy atom. The molecule has 2 aromatic carbocycles. The normalized spacial score (nSPS) is 11.5. The number of nitrogens with one attached hydrogen (secondary N) is 2. The molecule has 1 atom stereocenters. The molecule has 0 radical (unpaired) electrons. The molecule has 0 spiro atoms. The molecule has 1 unspecified atom stereocenters. The molecule has 0 aliphatic rings. The maximum absolute atomic E-state index is 13.9. The van der Waals surface area contributed by atoms with Crippen molar-refractivity contribution in [2.45, 2.75) is 12.6 Å². The van der Waals surface area contributed by atoms with Crippen LogP contribution in [0.5, 0.6) is 0 Å². The lowest BCUT2D eigenvalue weighted by atomic mass is 10.0. The van der Waals surface area contributed by atoms with Crippen LogP contribution in [0.25, 0.3) is 0 Å². The van der Waals surface area contributed by atoms with Gasteiger partial charge in [-0.05, 0) is 47.5 Å². The van der Waals surface area contributed by atoms with E-state index in [0.29, 0.717) is 17.9 Å². The zero-order valence-corrected chi connectivity index (χ0v) is 16.7. The molecule has 0 fully saturated rings. The van der Waals surface area contributed by atoms with Crippen LogP contribution in [0.4, 0.5) is 10.1 Å². The first-order valence-corrected chi connectivity index (χ1v) is 9.90. The number of carbonyl (C=O) groups excluding carboxylic acids is 1. The highest BCUT2D eigenvalue weighted by molar-refractivity contribution is 5.93. The van der Waals surface area contributed by atoms with E-state index in [1.54, 1.807) is 30.6 Å². The Morgan fingerprint density at radius 2 is 1.71 bits per heavy atom. The molecule has 1 amide bonds. The summed E-state index contributed by atoms with van der Waals surface area (Å²) in [6.07, 6.45) is 3.26. The SMILES string of the molecule is O=C(NCc1ccccc1)c1cc(NC(c2cccc(F)c2)c2ccccn2)ccn1. The Balaban J connectivity index is 1.54. The first-order chi connectivity index (χ1) is 15.2. The summed E-state index contributed by atoms with van der Waals surface area (Å²) in [6.45, 7) is 0.416. The van der Waals surface area contributed by atoms with Crippen LogP contribution in [0.2, 0.25) is 0 Å². The fourth-order valence-corrected chi connectivity index (χ4v) is 3.24. The van der Waals surface area contributed by atoms with E-state index < -0.39 is 0 Å². The predicted molar refractivity (Wildman–Crippen MR) is 118 cm³/mol. The summed E-state index contributed by atoms with van der Waals surface area (Å²) in [7, 11) is 0. The van der Waals surface area contributed by atoms with Gasteiger partial charge in [0.1, 0.15) is 11.5 Å². The third-order valence-electron chi connectivity index (χ3n) is 4.77. The lowest BCUT2D eigenvalue weighted by molar-refractivity contribution is 0.0946. The third-order valence-corrected chi connectivity index (χ3v) is 4.77. The molecule has 4 rings (SSSR count). The first kappa shape index (κ1) is 20.2. The van der Waals surface area contributed by atoms with Crippen molar-refractivity contribution in [1.82, 2.24) is 15.3 Å². The largest absolute Gasteiger partial charge is 0.373 e. The quantitative estimate of drug-likeness (QED) is 0.460. The van der Waals surface area contributed by atoms with Crippen LogP contribution in [0, 0.1) is 5.82 Å². The van der Waals surface area contributed by atoms with Crippen molar-refractivity contribution in [3.63, 3.8) is 0 Å². The van der Waals surface area contributed by atoms with Gasteiger partial charge in [0.25, 0.3) is 5.91 Å². The van der Waals surface area contributed by atoms with Crippen LogP contribution < -0.4 is 10.6 Å². The van der Waals surface area contributed by atoms with E-state index in [0.717, 1.165) is 16.8 Å². The van der Waals surface area contributed by atoms with Crippen molar-refractivity contribution < 1.29 is 9.18 Å². The van der Waals surface area contributed by atoms with Crippen LogP contribution in [0.3, 0.4) is 0 Å². The lowest BCUT2D eigenvalue weighted by Gasteiger charge is -2.20. The van der Waals surface area contributed by atoms with Crippen molar-refractivity contribution in [2.24, 2.45) is 0 Å². The minimum atomic E-state index is -0.389. The van der Waals surface area contributed by atoms with E-state index in [2.05, 4.69) is 20.6 Å². The summed E-state index contributed by atoms with van der Waals surface area (Å²) >= 11 is 0. The Morgan fingerprint density at radius 1 is 0.871 bits per heavy atom. The summed E-state index contributed by atoms with van der Waals surface area (Å²) in [4.78, 5) is 21.2. The van der Waals surface area contributed by atoms with Gasteiger partial charge in [-0.1, -0.05) is 48.5 Å². The average Bonchev–Trinajstić information content (AvgIpc) is 2.82. The van der Waals surface area contributed by atoms with Crippen LogP contribution in [-0.4, -0.2) is 15.9 Å². The van der Waals surface area contributed by atoms with Crippen LogP contribution >= 0.6 is 0 Å². The fraction of sp³-hybridized carbons (Fsp3) is 0.0800. The molecular weight excluding hydrogens is 391 g/mol. The standard InChI is InChI=1S/C25H21FN4O/c26-20-10-6-9-19(15-20)24(22-11-4-5-13-27-22)30-21-12-14-28-23(16-21)25(31)29-17-18-7-2-1-3-8-18/h1-16,24H,17H2,(H,28,30)(H,29,31). The molecule has 154 valence electrons. The van der Waals surface area contributed by atoms with E-state index >= 15 is 0 Å². The number of pyridine rings is 2. The maximum Gasteiger partial charge on any atom is 0.270 e. The van der Waals surface area contributed by atoms with Crippen molar-refractivity contribution in [2.75, 3.05) is 5.32 Å². The number of benzene rings is 2. The van der Waals surface area contributed by atoms with E-state index in [1.807, 2.05) is 54.6 Å². The Labute approximate surface area is 180 Å². The molecule has 6 heteroatoms. The predicted octanol–water partition coefficient (Wildman–Crippen LogP) is 4.75. The van der Waals surface area contributed by atoms with Gasteiger partial charge in [-0.25, -0.2) is 4.39 Å². The molecule has 0 aliphatic carbocycles. The second kappa shape index (κ2) is 9.63. The number of anilines is 1. The van der Waals surface area contributed by atoms with Gasteiger partial charge < -0.3 is 10.6 Å². The molecule has 5 nitrogen and oxygen atoms in total. The number of carbonyl (C=O) groups is 1.